The Balaban J connectivity index is 1.27. The van der Waals surface area contributed by atoms with Gasteiger partial charge in [-0.1, -0.05) is 24.3 Å². The number of para-hydroxylation sites is 1. The van der Waals surface area contributed by atoms with Crippen LogP contribution in [0, 0.1) is 6.92 Å². The largest absolute Gasteiger partial charge is 0.371 e. The highest BCUT2D eigenvalue weighted by Crippen LogP contribution is 2.26. The summed E-state index contributed by atoms with van der Waals surface area (Å²) in [7, 11) is 0. The van der Waals surface area contributed by atoms with Gasteiger partial charge in [0.2, 0.25) is 5.91 Å². The van der Waals surface area contributed by atoms with Gasteiger partial charge in [0.25, 0.3) is 0 Å². The molecule has 2 aromatic heterocycles. The van der Waals surface area contributed by atoms with Crippen molar-refractivity contribution in [2.75, 3.05) is 24.5 Å². The van der Waals surface area contributed by atoms with E-state index in [1.165, 1.54) is 24.1 Å². The molecule has 5 heteroatoms. The maximum Gasteiger partial charge on any atom is 0.226 e. The number of aromatic nitrogens is 2. The molecule has 1 aromatic carbocycles. The summed E-state index contributed by atoms with van der Waals surface area (Å²) < 4.78 is 2.00. The van der Waals surface area contributed by atoms with Crippen LogP contribution in [0.15, 0.2) is 48.8 Å². The van der Waals surface area contributed by atoms with Crippen LogP contribution in [0.3, 0.4) is 0 Å². The average molecular weight is 362 g/mol. The van der Waals surface area contributed by atoms with E-state index in [2.05, 4.69) is 39.5 Å². The number of nitrogens with zero attached hydrogens (tertiary/aromatic N) is 3. The van der Waals surface area contributed by atoms with Crippen LogP contribution >= 0.6 is 0 Å². The molecule has 3 heterocycles. The van der Waals surface area contributed by atoms with Crippen molar-refractivity contribution in [1.82, 2.24) is 14.7 Å². The van der Waals surface area contributed by atoms with Crippen LogP contribution in [0.1, 0.15) is 29.7 Å². The Morgan fingerprint density at radius 3 is 3.04 bits per heavy atom. The van der Waals surface area contributed by atoms with Crippen LogP contribution < -0.4 is 10.2 Å². The first-order valence-corrected chi connectivity index (χ1v) is 9.73. The number of aryl methyl sites for hydroxylation is 2. The Morgan fingerprint density at radius 2 is 2.11 bits per heavy atom. The van der Waals surface area contributed by atoms with Gasteiger partial charge in [0.05, 0.1) is 12.1 Å². The SMILES string of the molecule is Cc1cccn2c(CC(=O)NCCCN3CCCc4ccccc43)cnc12. The van der Waals surface area contributed by atoms with Gasteiger partial charge in [-0.3, -0.25) is 4.79 Å². The van der Waals surface area contributed by atoms with E-state index < -0.39 is 0 Å². The van der Waals surface area contributed by atoms with Crippen molar-refractivity contribution in [1.29, 1.82) is 0 Å². The fraction of sp³-hybridized carbons (Fsp3) is 0.364. The van der Waals surface area contributed by atoms with Gasteiger partial charge in [0.1, 0.15) is 5.65 Å². The van der Waals surface area contributed by atoms with Crippen molar-refractivity contribution in [3.63, 3.8) is 0 Å². The molecule has 1 N–H and O–H groups in total. The van der Waals surface area contributed by atoms with E-state index in [1.54, 1.807) is 6.20 Å². The highest BCUT2D eigenvalue weighted by molar-refractivity contribution is 5.78. The van der Waals surface area contributed by atoms with Crippen molar-refractivity contribution >= 4 is 17.2 Å². The summed E-state index contributed by atoms with van der Waals surface area (Å²) in [4.78, 5) is 19.2. The lowest BCUT2D eigenvalue weighted by atomic mass is 10.0. The van der Waals surface area contributed by atoms with Gasteiger partial charge in [0, 0.05) is 37.7 Å². The smallest absolute Gasteiger partial charge is 0.226 e. The maximum atomic E-state index is 12.3. The number of fused-ring (bicyclic) bond motifs is 2. The van der Waals surface area contributed by atoms with Crippen molar-refractivity contribution in [2.24, 2.45) is 0 Å². The zero-order valence-electron chi connectivity index (χ0n) is 15.8. The number of carbonyl (C=O) groups excluding carboxylic acids is 1. The molecule has 3 aromatic rings. The third-order valence-corrected chi connectivity index (χ3v) is 5.28. The second kappa shape index (κ2) is 7.82. The topological polar surface area (TPSA) is 49.6 Å². The summed E-state index contributed by atoms with van der Waals surface area (Å²) in [5.41, 5.74) is 5.76. The number of rotatable bonds is 6. The molecule has 4 rings (SSSR count). The van der Waals surface area contributed by atoms with Crippen LogP contribution in [0.25, 0.3) is 5.65 Å². The molecule has 1 aliphatic heterocycles. The molecule has 27 heavy (non-hydrogen) atoms. The van der Waals surface area contributed by atoms with Crippen molar-refractivity contribution in [3.05, 3.63) is 65.6 Å². The predicted molar refractivity (Wildman–Crippen MR) is 108 cm³/mol. The molecule has 0 saturated heterocycles. The highest BCUT2D eigenvalue weighted by atomic mass is 16.1. The molecule has 0 atom stereocenters. The molecule has 0 bridgehead atoms. The Morgan fingerprint density at radius 1 is 1.22 bits per heavy atom. The molecular formula is C22H26N4O. The van der Waals surface area contributed by atoms with Crippen LogP contribution in [0.5, 0.6) is 0 Å². The Labute approximate surface area is 160 Å². The summed E-state index contributed by atoms with van der Waals surface area (Å²) in [6, 6.07) is 12.7. The van der Waals surface area contributed by atoms with E-state index in [-0.39, 0.29) is 5.91 Å². The van der Waals surface area contributed by atoms with Crippen molar-refractivity contribution < 1.29 is 4.79 Å². The summed E-state index contributed by atoms with van der Waals surface area (Å²) in [6.45, 7) is 4.82. The number of hydrogen-bond donors (Lipinski definition) is 1. The average Bonchev–Trinajstić information content (AvgIpc) is 3.09. The number of anilines is 1. The Bertz CT molecular complexity index is 946. The number of hydrogen-bond acceptors (Lipinski definition) is 3. The first kappa shape index (κ1) is 17.6. The monoisotopic (exact) mass is 362 g/mol. The van der Waals surface area contributed by atoms with E-state index in [0.29, 0.717) is 13.0 Å². The fourth-order valence-corrected chi connectivity index (χ4v) is 3.90. The number of benzene rings is 1. The van der Waals surface area contributed by atoms with Gasteiger partial charge in [-0.15, -0.1) is 0 Å². The first-order valence-electron chi connectivity index (χ1n) is 9.73. The summed E-state index contributed by atoms with van der Waals surface area (Å²) >= 11 is 0. The van der Waals surface area contributed by atoms with Crippen LogP contribution in [-0.4, -0.2) is 34.9 Å². The van der Waals surface area contributed by atoms with E-state index in [9.17, 15) is 4.79 Å². The molecule has 0 aliphatic carbocycles. The van der Waals surface area contributed by atoms with Gasteiger partial charge >= 0.3 is 0 Å². The predicted octanol–water partition coefficient (Wildman–Crippen LogP) is 3.14. The van der Waals surface area contributed by atoms with E-state index in [4.69, 9.17) is 0 Å². The lowest BCUT2D eigenvalue weighted by molar-refractivity contribution is -0.120. The summed E-state index contributed by atoms with van der Waals surface area (Å²) in [5, 5.41) is 3.06. The van der Waals surface area contributed by atoms with Gasteiger partial charge in [-0.25, -0.2) is 4.98 Å². The fourth-order valence-electron chi connectivity index (χ4n) is 3.90. The lowest BCUT2D eigenvalue weighted by Crippen LogP contribution is -2.33. The van der Waals surface area contributed by atoms with E-state index in [0.717, 1.165) is 36.4 Å². The van der Waals surface area contributed by atoms with E-state index in [1.807, 2.05) is 29.7 Å². The number of imidazole rings is 1. The lowest BCUT2D eigenvalue weighted by Gasteiger charge is -2.31. The third-order valence-electron chi connectivity index (χ3n) is 5.28. The minimum atomic E-state index is 0.0531. The maximum absolute atomic E-state index is 12.3. The third kappa shape index (κ3) is 3.82. The normalized spacial score (nSPS) is 13.6. The Kier molecular flexibility index (Phi) is 5.10. The first-order chi connectivity index (χ1) is 13.2. The molecule has 0 unspecified atom stereocenters. The second-order valence-electron chi connectivity index (χ2n) is 7.23. The number of carbonyl (C=O) groups is 1. The van der Waals surface area contributed by atoms with Crippen LogP contribution in [0.4, 0.5) is 5.69 Å². The Hall–Kier alpha value is -2.82. The van der Waals surface area contributed by atoms with E-state index >= 15 is 0 Å². The second-order valence-corrected chi connectivity index (χ2v) is 7.23. The molecule has 0 radical (unpaired) electrons. The molecule has 0 saturated carbocycles. The van der Waals surface area contributed by atoms with Crippen molar-refractivity contribution in [3.8, 4) is 0 Å². The van der Waals surface area contributed by atoms with Gasteiger partial charge < -0.3 is 14.6 Å². The zero-order valence-corrected chi connectivity index (χ0v) is 15.8. The van der Waals surface area contributed by atoms with Crippen molar-refractivity contribution in [2.45, 2.75) is 32.6 Å². The molecule has 1 amide bonds. The molecule has 0 spiro atoms. The highest BCUT2D eigenvalue weighted by Gasteiger charge is 2.15. The molecule has 1 aliphatic rings. The molecule has 5 nitrogen and oxygen atoms in total. The molecular weight excluding hydrogens is 336 g/mol. The van der Waals surface area contributed by atoms with Gasteiger partial charge in [-0.05, 0) is 49.4 Å². The number of amides is 1. The summed E-state index contributed by atoms with van der Waals surface area (Å²) in [6.07, 6.45) is 7.45. The zero-order chi connectivity index (χ0) is 18.6. The quantitative estimate of drug-likeness (QED) is 0.686. The number of pyridine rings is 1. The minimum absolute atomic E-state index is 0.0531. The van der Waals surface area contributed by atoms with Gasteiger partial charge in [0.15, 0.2) is 0 Å². The summed E-state index contributed by atoms with van der Waals surface area (Å²) in [5.74, 6) is 0.0531. The number of nitrogens with one attached hydrogen (secondary N) is 1. The van der Waals surface area contributed by atoms with Crippen LogP contribution in [-0.2, 0) is 17.6 Å². The minimum Gasteiger partial charge on any atom is -0.371 e. The standard InChI is InChI=1S/C22H26N4O/c1-17-7-4-14-26-19(16-24-22(17)26)15-21(27)23-11-6-13-25-12-5-9-18-8-2-3-10-20(18)25/h2-4,7-8,10,14,16H,5-6,9,11-13,15H2,1H3,(H,23,27). The van der Waals surface area contributed by atoms with Gasteiger partial charge in [-0.2, -0.15) is 0 Å². The molecule has 0 fully saturated rings. The van der Waals surface area contributed by atoms with Crippen LogP contribution in [0.2, 0.25) is 0 Å². The molecule has 140 valence electrons.